The minimum atomic E-state index is -3.39. The number of nitrogens with one attached hydrogen (secondary N) is 1. The number of alkyl halides is 3. The summed E-state index contributed by atoms with van der Waals surface area (Å²) in [6.45, 7) is -1.39. The highest BCUT2D eigenvalue weighted by Crippen LogP contribution is 2.33. The van der Waals surface area contributed by atoms with Crippen LogP contribution in [-0.4, -0.2) is 72.3 Å². The summed E-state index contributed by atoms with van der Waals surface area (Å²) in [6.07, 6.45) is -2.29. The number of sulfonamides is 1. The summed E-state index contributed by atoms with van der Waals surface area (Å²) < 4.78 is 62.0. The van der Waals surface area contributed by atoms with Crippen LogP contribution in [0, 0.1) is 0 Å². The molecular formula is C20H22F3N3O5S. The highest BCUT2D eigenvalue weighted by atomic mass is 32.2. The van der Waals surface area contributed by atoms with E-state index in [1.807, 2.05) is 0 Å². The summed E-state index contributed by atoms with van der Waals surface area (Å²) in [4.78, 5) is 15.3. The number of aliphatic hydroxyl groups excluding tert-OH is 1. The third kappa shape index (κ3) is 5.09. The number of carbonyl (C=O) groups excluding carboxylic acids is 1. The van der Waals surface area contributed by atoms with Crippen LogP contribution in [0.5, 0.6) is 0 Å². The lowest BCUT2D eigenvalue weighted by Crippen LogP contribution is -2.61. The van der Waals surface area contributed by atoms with Gasteiger partial charge < -0.3 is 15.5 Å². The first-order chi connectivity index (χ1) is 14.9. The number of halogens is 3. The Balaban J connectivity index is 1.69. The average Bonchev–Trinajstić information content (AvgIpc) is 2.74. The molecule has 174 valence electrons. The number of nitrogens with zero attached hydrogens (tertiary/aromatic N) is 2. The van der Waals surface area contributed by atoms with Crippen molar-refractivity contribution in [2.75, 3.05) is 26.0 Å². The molecule has 2 unspecified atom stereocenters. The second kappa shape index (κ2) is 9.14. The van der Waals surface area contributed by atoms with E-state index in [0.29, 0.717) is 16.8 Å². The number of hydrogen-bond donors (Lipinski definition) is 3. The van der Waals surface area contributed by atoms with Gasteiger partial charge in [0.15, 0.2) is 0 Å². The number of rotatable bonds is 8. The number of benzene rings is 1. The summed E-state index contributed by atoms with van der Waals surface area (Å²) in [6, 6.07) is 7.88. The predicted molar refractivity (Wildman–Crippen MR) is 109 cm³/mol. The Morgan fingerprint density at radius 1 is 1.19 bits per heavy atom. The van der Waals surface area contributed by atoms with E-state index in [1.54, 1.807) is 29.6 Å². The van der Waals surface area contributed by atoms with Gasteiger partial charge in [0.05, 0.1) is 18.0 Å². The Morgan fingerprint density at radius 3 is 2.25 bits per heavy atom. The molecule has 32 heavy (non-hydrogen) atoms. The number of carbonyl (C=O) groups is 1. The maximum atomic E-state index is 13.1. The lowest BCUT2D eigenvalue weighted by Gasteiger charge is -2.44. The smallest absolute Gasteiger partial charge is 0.315 e. The van der Waals surface area contributed by atoms with Gasteiger partial charge in [-0.1, -0.05) is 30.3 Å². The van der Waals surface area contributed by atoms with Gasteiger partial charge in [-0.3, -0.25) is 9.78 Å². The van der Waals surface area contributed by atoms with Crippen LogP contribution < -0.4 is 5.32 Å². The molecule has 8 nitrogen and oxygen atoms in total. The fraction of sp³-hybridized carbons (Fsp3) is 0.400. The van der Waals surface area contributed by atoms with E-state index in [0.717, 1.165) is 10.6 Å². The maximum absolute atomic E-state index is 13.1. The Labute approximate surface area is 182 Å². The summed E-state index contributed by atoms with van der Waals surface area (Å²) in [7, 11) is -3.39. The fourth-order valence-corrected chi connectivity index (χ4v) is 4.22. The quantitative estimate of drug-likeness (QED) is 0.526. The molecule has 0 radical (unpaired) electrons. The molecule has 2 aromatic rings. The third-order valence-corrected chi connectivity index (χ3v) is 6.44. The first-order valence-corrected chi connectivity index (χ1v) is 11.4. The van der Waals surface area contributed by atoms with Gasteiger partial charge in [-0.05, 0) is 17.2 Å². The van der Waals surface area contributed by atoms with Crippen LogP contribution in [0.15, 0.2) is 42.6 Å². The number of pyridine rings is 1. The minimum Gasteiger partial charge on any atom is -0.386 e. The summed E-state index contributed by atoms with van der Waals surface area (Å²) in [5.74, 6) is -1.66. The molecule has 1 aromatic heterocycles. The number of aliphatic hydroxyl groups is 2. The third-order valence-electron chi connectivity index (χ3n) is 5.24. The van der Waals surface area contributed by atoms with E-state index in [-0.39, 0.29) is 18.7 Å². The normalized spacial score (nSPS) is 18.1. The van der Waals surface area contributed by atoms with Crippen molar-refractivity contribution in [2.45, 2.75) is 24.2 Å². The standard InChI is InChI=1S/C20H22F3N3O5S/c1-32(30,31)26-10-20(29,11-26)16-7-6-14(9-24-16)12-2-4-13(5-3-12)17(27)15(8-21)25-19(28)18(22)23/h2-7,9,15,17-18,27,29H,8,10-11H2,1H3,(H,25,28). The zero-order valence-electron chi connectivity index (χ0n) is 17.0. The zero-order valence-corrected chi connectivity index (χ0v) is 17.8. The first kappa shape index (κ1) is 24.1. The number of hydrogen-bond acceptors (Lipinski definition) is 6. The predicted octanol–water partition coefficient (Wildman–Crippen LogP) is 0.964. The van der Waals surface area contributed by atoms with Crippen LogP contribution in [0.25, 0.3) is 11.1 Å². The van der Waals surface area contributed by atoms with Crippen molar-refractivity contribution in [3.63, 3.8) is 0 Å². The number of β-amino-alcohol motifs (C(OH)–C–C–N with tert-alkyl or cyclic N) is 1. The molecule has 3 N–H and O–H groups in total. The molecule has 0 aliphatic carbocycles. The molecular weight excluding hydrogens is 451 g/mol. The van der Waals surface area contributed by atoms with Crippen molar-refractivity contribution >= 4 is 15.9 Å². The highest BCUT2D eigenvalue weighted by Gasteiger charge is 2.47. The van der Waals surface area contributed by atoms with E-state index >= 15 is 0 Å². The average molecular weight is 473 g/mol. The molecule has 0 spiro atoms. The van der Waals surface area contributed by atoms with E-state index in [9.17, 15) is 36.6 Å². The van der Waals surface area contributed by atoms with Crippen LogP contribution in [0.3, 0.4) is 0 Å². The van der Waals surface area contributed by atoms with Crippen LogP contribution in [0.1, 0.15) is 17.4 Å². The number of amides is 1. The van der Waals surface area contributed by atoms with Crippen molar-refractivity contribution in [1.82, 2.24) is 14.6 Å². The van der Waals surface area contributed by atoms with Gasteiger partial charge in [0.2, 0.25) is 10.0 Å². The molecule has 1 aliphatic rings. The first-order valence-electron chi connectivity index (χ1n) is 9.51. The molecule has 3 rings (SSSR count). The van der Waals surface area contributed by atoms with Crippen LogP contribution >= 0.6 is 0 Å². The van der Waals surface area contributed by atoms with E-state index in [2.05, 4.69) is 4.98 Å². The topological polar surface area (TPSA) is 120 Å². The van der Waals surface area contributed by atoms with Gasteiger partial charge in [-0.25, -0.2) is 12.8 Å². The van der Waals surface area contributed by atoms with Crippen molar-refractivity contribution in [3.8, 4) is 11.1 Å². The molecule has 1 aromatic carbocycles. The Morgan fingerprint density at radius 2 is 1.78 bits per heavy atom. The lowest BCUT2D eigenvalue weighted by molar-refractivity contribution is -0.133. The van der Waals surface area contributed by atoms with Gasteiger partial charge in [0.1, 0.15) is 18.4 Å². The van der Waals surface area contributed by atoms with Crippen molar-refractivity contribution in [3.05, 3.63) is 53.9 Å². The molecule has 12 heteroatoms. The monoisotopic (exact) mass is 473 g/mol. The molecule has 1 fully saturated rings. The molecule has 1 amide bonds. The summed E-state index contributed by atoms with van der Waals surface area (Å²) in [5, 5.41) is 22.5. The zero-order chi connectivity index (χ0) is 23.7. The van der Waals surface area contributed by atoms with Crippen LogP contribution in [0.2, 0.25) is 0 Å². The Hall–Kier alpha value is -2.54. The highest BCUT2D eigenvalue weighted by molar-refractivity contribution is 7.88. The molecule has 0 bridgehead atoms. The summed E-state index contributed by atoms with van der Waals surface area (Å²) in [5.41, 5.74) is 0.519. The van der Waals surface area contributed by atoms with E-state index < -0.39 is 46.8 Å². The second-order valence-corrected chi connectivity index (χ2v) is 9.61. The lowest BCUT2D eigenvalue weighted by atomic mass is 9.92. The van der Waals surface area contributed by atoms with Gasteiger partial charge in [-0.2, -0.15) is 13.1 Å². The summed E-state index contributed by atoms with van der Waals surface area (Å²) >= 11 is 0. The maximum Gasteiger partial charge on any atom is 0.315 e. The van der Waals surface area contributed by atoms with Crippen LogP contribution in [0.4, 0.5) is 13.2 Å². The van der Waals surface area contributed by atoms with Gasteiger partial charge in [-0.15, -0.1) is 0 Å². The second-order valence-electron chi connectivity index (χ2n) is 7.63. The SMILES string of the molecule is CS(=O)(=O)N1CC(O)(c2ccc(-c3ccc(C(O)C(CF)NC(=O)C(F)F)cc3)cn2)C1. The van der Waals surface area contributed by atoms with Crippen molar-refractivity contribution < 1.29 is 36.6 Å². The molecule has 2 heterocycles. The molecule has 2 atom stereocenters. The molecule has 1 aliphatic heterocycles. The van der Waals surface area contributed by atoms with Gasteiger partial charge >= 0.3 is 6.43 Å². The van der Waals surface area contributed by atoms with E-state index in [1.165, 1.54) is 18.3 Å². The Bertz CT molecular complexity index is 1060. The fourth-order valence-electron chi connectivity index (χ4n) is 3.33. The minimum absolute atomic E-state index is 0.0808. The molecule has 1 saturated heterocycles. The molecule has 0 saturated carbocycles. The van der Waals surface area contributed by atoms with Gasteiger partial charge in [0, 0.05) is 24.8 Å². The van der Waals surface area contributed by atoms with Crippen molar-refractivity contribution in [1.29, 1.82) is 0 Å². The Kier molecular flexibility index (Phi) is 6.89. The van der Waals surface area contributed by atoms with Gasteiger partial charge in [0.25, 0.3) is 5.91 Å². The largest absolute Gasteiger partial charge is 0.386 e. The van der Waals surface area contributed by atoms with E-state index in [4.69, 9.17) is 0 Å². The number of aromatic nitrogens is 1. The van der Waals surface area contributed by atoms with Crippen LogP contribution in [-0.2, 0) is 20.4 Å². The van der Waals surface area contributed by atoms with Crippen molar-refractivity contribution in [2.24, 2.45) is 0 Å².